The molecule has 0 radical (unpaired) electrons. The van der Waals surface area contributed by atoms with Gasteiger partial charge in [0.25, 0.3) is 5.91 Å². The third-order valence-corrected chi connectivity index (χ3v) is 4.82. The van der Waals surface area contributed by atoms with Crippen molar-refractivity contribution in [3.05, 3.63) is 59.2 Å². The molecule has 0 spiro atoms. The summed E-state index contributed by atoms with van der Waals surface area (Å²) in [5.74, 6) is 0.933. The van der Waals surface area contributed by atoms with Crippen LogP contribution in [0.15, 0.2) is 42.5 Å². The number of hydrogen-bond acceptors (Lipinski definition) is 4. The third kappa shape index (κ3) is 3.99. The van der Waals surface area contributed by atoms with Gasteiger partial charge in [-0.25, -0.2) is 0 Å². The molecule has 0 saturated heterocycles. The number of carbonyl (C=O) groups is 1. The van der Waals surface area contributed by atoms with Crippen molar-refractivity contribution in [3.8, 4) is 5.75 Å². The highest BCUT2D eigenvalue weighted by atomic mass is 16.5. The fourth-order valence-electron chi connectivity index (χ4n) is 3.21. The lowest BCUT2D eigenvalue weighted by atomic mass is 10.0. The fourth-order valence-corrected chi connectivity index (χ4v) is 3.21. The number of carbonyl (C=O) groups excluding carboxylic acids is 1. The SMILES string of the molecule is CN(C)c1ccc(C(=O)NCC(c2ccc3c(c2)CCO3)N(C)C)cc1. The van der Waals surface area contributed by atoms with Crippen LogP contribution in [-0.2, 0) is 6.42 Å². The minimum atomic E-state index is -0.0494. The Hall–Kier alpha value is -2.53. The first-order valence-electron chi connectivity index (χ1n) is 8.93. The standard InChI is InChI=1S/C21H27N3O2/c1-23(2)18-8-5-15(6-9-18)21(25)22-14-19(24(3)4)16-7-10-20-17(13-16)11-12-26-20/h5-10,13,19H,11-12,14H2,1-4H3,(H,22,25). The molecule has 2 aromatic rings. The Labute approximate surface area is 155 Å². The Bertz CT molecular complexity index is 769. The van der Waals surface area contributed by atoms with Crippen LogP contribution in [0, 0.1) is 0 Å². The van der Waals surface area contributed by atoms with E-state index < -0.39 is 0 Å². The van der Waals surface area contributed by atoms with Gasteiger partial charge < -0.3 is 19.9 Å². The monoisotopic (exact) mass is 353 g/mol. The first-order valence-corrected chi connectivity index (χ1v) is 8.93. The van der Waals surface area contributed by atoms with Crippen molar-refractivity contribution < 1.29 is 9.53 Å². The van der Waals surface area contributed by atoms with E-state index in [0.29, 0.717) is 12.1 Å². The number of fused-ring (bicyclic) bond motifs is 1. The van der Waals surface area contributed by atoms with Crippen LogP contribution >= 0.6 is 0 Å². The molecule has 5 nitrogen and oxygen atoms in total. The van der Waals surface area contributed by atoms with Gasteiger partial charge in [-0.1, -0.05) is 12.1 Å². The first-order chi connectivity index (χ1) is 12.5. The van der Waals surface area contributed by atoms with Gasteiger partial charge in [-0.05, 0) is 55.6 Å². The first kappa shape index (κ1) is 18.3. The second-order valence-electron chi connectivity index (χ2n) is 7.10. The molecule has 1 aliphatic rings. The summed E-state index contributed by atoms with van der Waals surface area (Å²) in [5, 5.41) is 3.07. The molecule has 1 unspecified atom stereocenters. The number of amides is 1. The predicted molar refractivity (Wildman–Crippen MR) is 105 cm³/mol. The molecule has 0 aromatic heterocycles. The zero-order valence-corrected chi connectivity index (χ0v) is 16.0. The molecular weight excluding hydrogens is 326 g/mol. The number of nitrogens with one attached hydrogen (secondary N) is 1. The summed E-state index contributed by atoms with van der Waals surface area (Å²) >= 11 is 0. The van der Waals surface area contributed by atoms with Crippen LogP contribution in [0.5, 0.6) is 5.75 Å². The lowest BCUT2D eigenvalue weighted by molar-refractivity contribution is 0.0942. The van der Waals surface area contributed by atoms with Crippen molar-refractivity contribution in [2.24, 2.45) is 0 Å². The summed E-state index contributed by atoms with van der Waals surface area (Å²) in [6, 6.07) is 14.1. The molecule has 0 aliphatic carbocycles. The minimum Gasteiger partial charge on any atom is -0.493 e. The topological polar surface area (TPSA) is 44.8 Å². The Balaban J connectivity index is 1.68. The van der Waals surface area contributed by atoms with E-state index in [2.05, 4.69) is 22.3 Å². The molecule has 0 fully saturated rings. The number of anilines is 1. The van der Waals surface area contributed by atoms with Gasteiger partial charge in [0.15, 0.2) is 0 Å². The van der Waals surface area contributed by atoms with E-state index >= 15 is 0 Å². The number of likely N-dealkylation sites (N-methyl/N-ethyl adjacent to an activating group) is 1. The van der Waals surface area contributed by atoms with Crippen molar-refractivity contribution in [3.63, 3.8) is 0 Å². The molecule has 5 heteroatoms. The van der Waals surface area contributed by atoms with Crippen molar-refractivity contribution in [1.82, 2.24) is 10.2 Å². The van der Waals surface area contributed by atoms with Crippen LogP contribution in [0.4, 0.5) is 5.69 Å². The molecule has 1 atom stereocenters. The molecule has 0 saturated carbocycles. The van der Waals surface area contributed by atoms with Gasteiger partial charge in [-0.2, -0.15) is 0 Å². The molecule has 1 heterocycles. The van der Waals surface area contributed by atoms with Crippen LogP contribution in [0.25, 0.3) is 0 Å². The minimum absolute atomic E-state index is 0.0494. The lowest BCUT2D eigenvalue weighted by Crippen LogP contribution is -2.34. The summed E-state index contributed by atoms with van der Waals surface area (Å²) in [5.41, 5.74) is 4.20. The normalized spacial score (nSPS) is 13.9. The summed E-state index contributed by atoms with van der Waals surface area (Å²) in [6.07, 6.45) is 0.952. The number of nitrogens with zero attached hydrogens (tertiary/aromatic N) is 2. The maximum Gasteiger partial charge on any atom is 0.251 e. The van der Waals surface area contributed by atoms with Crippen molar-refractivity contribution in [2.45, 2.75) is 12.5 Å². The molecule has 3 rings (SSSR count). The number of hydrogen-bond donors (Lipinski definition) is 1. The molecule has 26 heavy (non-hydrogen) atoms. The van der Waals surface area contributed by atoms with Crippen molar-refractivity contribution >= 4 is 11.6 Å². The zero-order chi connectivity index (χ0) is 18.7. The van der Waals surface area contributed by atoms with E-state index in [4.69, 9.17) is 4.74 Å². The van der Waals surface area contributed by atoms with Crippen LogP contribution in [0.2, 0.25) is 0 Å². The number of rotatable bonds is 6. The molecule has 1 amide bonds. The van der Waals surface area contributed by atoms with Crippen LogP contribution in [0.1, 0.15) is 27.5 Å². The summed E-state index contributed by atoms with van der Waals surface area (Å²) in [6.45, 7) is 1.31. The molecular formula is C21H27N3O2. The molecule has 2 aromatic carbocycles. The zero-order valence-electron chi connectivity index (χ0n) is 16.0. The van der Waals surface area contributed by atoms with Crippen molar-refractivity contribution in [1.29, 1.82) is 0 Å². The summed E-state index contributed by atoms with van der Waals surface area (Å²) in [7, 11) is 8.04. The highest BCUT2D eigenvalue weighted by Gasteiger charge is 2.19. The second-order valence-corrected chi connectivity index (χ2v) is 7.10. The van der Waals surface area contributed by atoms with E-state index in [0.717, 1.165) is 24.5 Å². The average Bonchev–Trinajstić information content (AvgIpc) is 3.09. The van der Waals surface area contributed by atoms with E-state index in [1.807, 2.05) is 63.4 Å². The largest absolute Gasteiger partial charge is 0.493 e. The number of ether oxygens (including phenoxy) is 1. The van der Waals surface area contributed by atoms with E-state index in [-0.39, 0.29) is 11.9 Å². The maximum atomic E-state index is 12.5. The second kappa shape index (κ2) is 7.79. The van der Waals surface area contributed by atoms with E-state index in [9.17, 15) is 4.79 Å². The predicted octanol–water partition coefficient (Wildman–Crippen LogP) is 2.72. The molecule has 1 N–H and O–H groups in total. The fraction of sp³-hybridized carbons (Fsp3) is 0.381. The van der Waals surface area contributed by atoms with Crippen LogP contribution in [-0.4, -0.2) is 52.1 Å². The van der Waals surface area contributed by atoms with Gasteiger partial charge in [-0.15, -0.1) is 0 Å². The van der Waals surface area contributed by atoms with Gasteiger partial charge in [0.05, 0.1) is 12.6 Å². The average molecular weight is 353 g/mol. The van der Waals surface area contributed by atoms with Gasteiger partial charge >= 0.3 is 0 Å². The van der Waals surface area contributed by atoms with Crippen molar-refractivity contribution in [2.75, 3.05) is 46.2 Å². The lowest BCUT2D eigenvalue weighted by Gasteiger charge is -2.25. The Kier molecular flexibility index (Phi) is 5.47. The van der Waals surface area contributed by atoms with Crippen LogP contribution < -0.4 is 15.0 Å². The highest BCUT2D eigenvalue weighted by Crippen LogP contribution is 2.29. The van der Waals surface area contributed by atoms with Gasteiger partial charge in [-0.3, -0.25) is 4.79 Å². The quantitative estimate of drug-likeness (QED) is 0.867. The molecule has 1 aliphatic heterocycles. The maximum absolute atomic E-state index is 12.5. The Morgan fingerprint density at radius 3 is 2.50 bits per heavy atom. The van der Waals surface area contributed by atoms with Gasteiger partial charge in [0.2, 0.25) is 0 Å². The van der Waals surface area contributed by atoms with Gasteiger partial charge in [0, 0.05) is 38.3 Å². The molecule has 0 bridgehead atoms. The molecule has 138 valence electrons. The Morgan fingerprint density at radius 1 is 1.12 bits per heavy atom. The smallest absolute Gasteiger partial charge is 0.251 e. The van der Waals surface area contributed by atoms with E-state index in [1.54, 1.807) is 0 Å². The highest BCUT2D eigenvalue weighted by molar-refractivity contribution is 5.94. The van der Waals surface area contributed by atoms with E-state index in [1.165, 1.54) is 11.1 Å². The van der Waals surface area contributed by atoms with Crippen LogP contribution in [0.3, 0.4) is 0 Å². The summed E-state index contributed by atoms with van der Waals surface area (Å²) in [4.78, 5) is 16.7. The third-order valence-electron chi connectivity index (χ3n) is 4.82. The number of benzene rings is 2. The Morgan fingerprint density at radius 2 is 1.85 bits per heavy atom. The summed E-state index contributed by atoms with van der Waals surface area (Å²) < 4.78 is 5.59. The van der Waals surface area contributed by atoms with Gasteiger partial charge in [0.1, 0.15) is 5.75 Å².